The van der Waals surface area contributed by atoms with Crippen LogP contribution >= 0.6 is 11.3 Å². The number of thiazole rings is 1. The predicted molar refractivity (Wildman–Crippen MR) is 125 cm³/mol. The number of fused-ring (bicyclic) bond motifs is 1. The normalized spacial score (nSPS) is 20.5. The van der Waals surface area contributed by atoms with Gasteiger partial charge in [-0.1, -0.05) is 24.3 Å². The Balaban J connectivity index is 1.39. The van der Waals surface area contributed by atoms with Gasteiger partial charge in [-0.2, -0.15) is 0 Å². The molecular weight excluding hydrogens is 410 g/mol. The average Bonchev–Trinajstić information content (AvgIpc) is 3.18. The van der Waals surface area contributed by atoms with Crippen molar-refractivity contribution in [3.8, 4) is 5.75 Å². The highest BCUT2D eigenvalue weighted by Gasteiger charge is 2.23. The van der Waals surface area contributed by atoms with E-state index in [0.29, 0.717) is 5.13 Å². The van der Waals surface area contributed by atoms with Crippen molar-refractivity contribution < 1.29 is 14.3 Å². The van der Waals surface area contributed by atoms with Crippen LogP contribution in [-0.2, 0) is 16.1 Å². The van der Waals surface area contributed by atoms with E-state index in [1.54, 1.807) is 7.11 Å². The maximum atomic E-state index is 12.8. The molecule has 1 saturated heterocycles. The van der Waals surface area contributed by atoms with Crippen LogP contribution in [0.2, 0.25) is 0 Å². The summed E-state index contributed by atoms with van der Waals surface area (Å²) in [7, 11) is 1.66. The predicted octanol–water partition coefficient (Wildman–Crippen LogP) is 4.66. The van der Waals surface area contributed by atoms with E-state index in [2.05, 4.69) is 35.1 Å². The number of methoxy groups -OCH3 is 1. The van der Waals surface area contributed by atoms with Crippen LogP contribution in [0.15, 0.2) is 41.8 Å². The van der Waals surface area contributed by atoms with Crippen LogP contribution in [0.4, 0.5) is 5.13 Å². The van der Waals surface area contributed by atoms with Crippen molar-refractivity contribution in [1.29, 1.82) is 0 Å². The lowest BCUT2D eigenvalue weighted by atomic mass is 9.97. The van der Waals surface area contributed by atoms with Crippen LogP contribution in [-0.4, -0.2) is 48.2 Å². The van der Waals surface area contributed by atoms with Crippen LogP contribution in [0.3, 0.4) is 0 Å². The number of hydrogen-bond donors (Lipinski definition) is 1. The van der Waals surface area contributed by atoms with Gasteiger partial charge in [0.1, 0.15) is 5.75 Å². The summed E-state index contributed by atoms with van der Waals surface area (Å²) in [5, 5.41) is 7.83. The first-order valence-corrected chi connectivity index (χ1v) is 11.5. The van der Waals surface area contributed by atoms with Gasteiger partial charge in [-0.15, -0.1) is 11.3 Å². The van der Waals surface area contributed by atoms with E-state index in [-0.39, 0.29) is 24.0 Å². The minimum Gasteiger partial charge on any atom is -0.497 e. The monoisotopic (exact) mass is 439 g/mol. The highest BCUT2D eigenvalue weighted by atomic mass is 32.1. The Morgan fingerprint density at radius 2 is 1.94 bits per heavy atom. The zero-order valence-electron chi connectivity index (χ0n) is 18.4. The molecule has 0 bridgehead atoms. The van der Waals surface area contributed by atoms with Crippen molar-refractivity contribution in [3.63, 3.8) is 0 Å². The molecular formula is C24H29N3O3S. The number of carbonyl (C=O) groups excluding carboxylic acids is 1. The SMILES string of the molecule is COc1ccc2cc([C@H](C)C(=O)Nc3nc(CN4CC(C)OC(C)C4)cs3)ccc2c1. The molecule has 1 aromatic heterocycles. The van der Waals surface area contributed by atoms with E-state index in [1.807, 2.05) is 42.6 Å². The van der Waals surface area contributed by atoms with Gasteiger partial charge >= 0.3 is 0 Å². The molecule has 6 nitrogen and oxygen atoms in total. The molecule has 2 heterocycles. The standard InChI is InChI=1S/C24H29N3O3S/c1-15-11-27(12-16(2)30-15)13-21-14-31-24(25-21)26-23(28)17(3)18-5-6-20-10-22(29-4)8-7-19(20)9-18/h5-10,14-17H,11-13H2,1-4H3,(H,25,26,28)/t15?,16?,17-/m0/s1. The lowest BCUT2D eigenvalue weighted by Gasteiger charge is -2.34. The van der Waals surface area contributed by atoms with Gasteiger partial charge in [-0.05, 0) is 49.2 Å². The third kappa shape index (κ3) is 5.23. The van der Waals surface area contributed by atoms with Gasteiger partial charge in [0.25, 0.3) is 0 Å². The number of anilines is 1. The number of benzene rings is 2. The molecule has 0 radical (unpaired) electrons. The average molecular weight is 440 g/mol. The molecule has 1 aliphatic heterocycles. The summed E-state index contributed by atoms with van der Waals surface area (Å²) in [5.41, 5.74) is 1.96. The molecule has 1 aliphatic rings. The van der Waals surface area contributed by atoms with Crippen LogP contribution in [0.5, 0.6) is 5.75 Å². The molecule has 1 fully saturated rings. The van der Waals surface area contributed by atoms with Crippen molar-refractivity contribution in [2.45, 2.75) is 45.4 Å². The molecule has 31 heavy (non-hydrogen) atoms. The van der Waals surface area contributed by atoms with Crippen molar-refractivity contribution >= 4 is 33.1 Å². The number of morpholine rings is 1. The third-order valence-electron chi connectivity index (χ3n) is 5.63. The number of hydrogen-bond acceptors (Lipinski definition) is 6. The Bertz CT molecular complexity index is 1060. The van der Waals surface area contributed by atoms with E-state index in [1.165, 1.54) is 11.3 Å². The van der Waals surface area contributed by atoms with Crippen LogP contribution in [0, 0.1) is 0 Å². The molecule has 3 aromatic rings. The summed E-state index contributed by atoms with van der Waals surface area (Å²) >= 11 is 1.47. The second kappa shape index (κ2) is 9.34. The molecule has 1 amide bonds. The third-order valence-corrected chi connectivity index (χ3v) is 6.43. The van der Waals surface area contributed by atoms with E-state index >= 15 is 0 Å². The van der Waals surface area contributed by atoms with Gasteiger partial charge < -0.3 is 14.8 Å². The summed E-state index contributed by atoms with van der Waals surface area (Å²) in [5.74, 6) is 0.494. The minimum atomic E-state index is -0.278. The fourth-order valence-corrected chi connectivity index (χ4v) is 4.79. The van der Waals surface area contributed by atoms with Crippen molar-refractivity contribution in [2.75, 3.05) is 25.5 Å². The van der Waals surface area contributed by atoms with Gasteiger partial charge in [-0.3, -0.25) is 9.69 Å². The lowest BCUT2D eigenvalue weighted by Crippen LogP contribution is -2.44. The zero-order valence-corrected chi connectivity index (χ0v) is 19.2. The summed E-state index contributed by atoms with van der Waals surface area (Å²) in [6.07, 6.45) is 0.455. The van der Waals surface area contributed by atoms with Crippen molar-refractivity contribution in [3.05, 3.63) is 53.0 Å². The van der Waals surface area contributed by atoms with Gasteiger partial charge in [0, 0.05) is 25.0 Å². The number of amides is 1. The van der Waals surface area contributed by atoms with Gasteiger partial charge in [0.05, 0.1) is 30.9 Å². The topological polar surface area (TPSA) is 63.7 Å². The van der Waals surface area contributed by atoms with Crippen LogP contribution in [0.25, 0.3) is 10.8 Å². The Morgan fingerprint density at radius 1 is 1.23 bits per heavy atom. The lowest BCUT2D eigenvalue weighted by molar-refractivity contribution is -0.117. The number of aromatic nitrogens is 1. The maximum Gasteiger partial charge on any atom is 0.233 e. The number of rotatable bonds is 6. The summed E-state index contributed by atoms with van der Waals surface area (Å²) in [6, 6.07) is 12.0. The van der Waals surface area contributed by atoms with E-state index in [9.17, 15) is 4.79 Å². The van der Waals surface area contributed by atoms with E-state index < -0.39 is 0 Å². The highest BCUT2D eigenvalue weighted by Crippen LogP contribution is 2.27. The van der Waals surface area contributed by atoms with Gasteiger partial charge in [0.15, 0.2) is 5.13 Å². The summed E-state index contributed by atoms with van der Waals surface area (Å²) in [6.45, 7) is 8.68. The number of nitrogens with one attached hydrogen (secondary N) is 1. The molecule has 0 spiro atoms. The van der Waals surface area contributed by atoms with Gasteiger partial charge in [0.2, 0.25) is 5.91 Å². The molecule has 2 unspecified atom stereocenters. The largest absolute Gasteiger partial charge is 0.497 e. The number of ether oxygens (including phenoxy) is 2. The number of carbonyl (C=O) groups is 1. The maximum absolute atomic E-state index is 12.8. The fourth-order valence-electron chi connectivity index (χ4n) is 4.08. The van der Waals surface area contributed by atoms with Gasteiger partial charge in [-0.25, -0.2) is 4.98 Å². The van der Waals surface area contributed by atoms with Crippen LogP contribution < -0.4 is 10.1 Å². The first-order valence-electron chi connectivity index (χ1n) is 10.6. The van der Waals surface area contributed by atoms with E-state index in [0.717, 1.165) is 47.4 Å². The molecule has 2 aromatic carbocycles. The molecule has 1 N–H and O–H groups in total. The Labute approximate surface area is 187 Å². The molecule has 164 valence electrons. The first kappa shape index (κ1) is 21.7. The number of nitrogens with zero attached hydrogens (tertiary/aromatic N) is 2. The zero-order chi connectivity index (χ0) is 22.0. The summed E-state index contributed by atoms with van der Waals surface area (Å²) in [4.78, 5) is 19.8. The molecule has 3 atom stereocenters. The van der Waals surface area contributed by atoms with Crippen molar-refractivity contribution in [1.82, 2.24) is 9.88 Å². The summed E-state index contributed by atoms with van der Waals surface area (Å²) < 4.78 is 11.1. The smallest absolute Gasteiger partial charge is 0.233 e. The molecule has 7 heteroatoms. The Kier molecular flexibility index (Phi) is 6.55. The van der Waals surface area contributed by atoms with E-state index in [4.69, 9.17) is 9.47 Å². The van der Waals surface area contributed by atoms with Crippen molar-refractivity contribution in [2.24, 2.45) is 0 Å². The minimum absolute atomic E-state index is 0.0534. The Morgan fingerprint density at radius 3 is 2.68 bits per heavy atom. The molecule has 4 rings (SSSR count). The second-order valence-electron chi connectivity index (χ2n) is 8.28. The second-order valence-corrected chi connectivity index (χ2v) is 9.14. The Hall–Kier alpha value is -2.48. The fraction of sp³-hybridized carbons (Fsp3) is 0.417. The van der Waals surface area contributed by atoms with Crippen LogP contribution in [0.1, 0.15) is 37.9 Å². The molecule has 0 saturated carbocycles. The quantitative estimate of drug-likeness (QED) is 0.605. The highest BCUT2D eigenvalue weighted by molar-refractivity contribution is 7.13. The molecule has 0 aliphatic carbocycles. The first-order chi connectivity index (χ1) is 14.9.